The number of hydrogen-bond acceptors (Lipinski definition) is 6. The van der Waals surface area contributed by atoms with Gasteiger partial charge in [0.15, 0.2) is 5.65 Å². The number of benzene rings is 1. The number of rotatable bonds is 6. The SMILES string of the molecule is O=C(Nc1ccc(OC(F)(F)Cl)cc1)c1cnc(N2CC(O)C2)c(-c2cc3nccn3[nH]2)c1. The number of fused-ring (bicyclic) bond motifs is 1. The lowest BCUT2D eigenvalue weighted by Crippen LogP contribution is -2.51. The van der Waals surface area contributed by atoms with Crippen LogP contribution in [0.1, 0.15) is 10.4 Å². The molecule has 3 aromatic heterocycles. The summed E-state index contributed by atoms with van der Waals surface area (Å²) < 4.78 is 31.5. The number of anilines is 2. The number of aromatic amines is 1. The average Bonchev–Trinajstić information content (AvgIpc) is 3.34. The minimum atomic E-state index is -3.82. The Morgan fingerprint density at radius 2 is 2.00 bits per heavy atom. The van der Waals surface area contributed by atoms with E-state index >= 15 is 0 Å². The molecule has 5 rings (SSSR count). The van der Waals surface area contributed by atoms with Crippen LogP contribution in [0.5, 0.6) is 5.75 Å². The van der Waals surface area contributed by atoms with Gasteiger partial charge in [-0.25, -0.2) is 14.5 Å². The summed E-state index contributed by atoms with van der Waals surface area (Å²) >= 11 is 4.76. The maximum atomic E-state index is 12.8. The topological polar surface area (TPSA) is 108 Å². The summed E-state index contributed by atoms with van der Waals surface area (Å²) in [6.45, 7) is 0.887. The highest BCUT2D eigenvalue weighted by atomic mass is 35.5. The third kappa shape index (κ3) is 4.45. The van der Waals surface area contributed by atoms with Crippen molar-refractivity contribution in [2.24, 2.45) is 0 Å². The number of aliphatic hydroxyl groups is 1. The van der Waals surface area contributed by atoms with Crippen LogP contribution in [0.4, 0.5) is 20.3 Å². The Kier molecular flexibility index (Phi) is 5.14. The lowest BCUT2D eigenvalue weighted by molar-refractivity contribution is -0.0964. The highest BCUT2D eigenvalue weighted by molar-refractivity contribution is 6.20. The lowest BCUT2D eigenvalue weighted by atomic mass is 10.1. The molecule has 1 aromatic carbocycles. The third-order valence-electron chi connectivity index (χ3n) is 5.11. The third-order valence-corrected chi connectivity index (χ3v) is 5.19. The van der Waals surface area contributed by atoms with E-state index in [4.69, 9.17) is 11.6 Å². The normalized spacial score (nSPS) is 14.4. The van der Waals surface area contributed by atoms with E-state index in [-0.39, 0.29) is 11.3 Å². The van der Waals surface area contributed by atoms with Gasteiger partial charge in [0, 0.05) is 60.6 Å². The summed E-state index contributed by atoms with van der Waals surface area (Å²) in [4.78, 5) is 23.5. The molecule has 1 saturated heterocycles. The van der Waals surface area contributed by atoms with Gasteiger partial charge in [-0.3, -0.25) is 9.89 Å². The second-order valence-corrected chi connectivity index (χ2v) is 7.95. The van der Waals surface area contributed by atoms with Crippen molar-refractivity contribution in [2.45, 2.75) is 11.7 Å². The predicted octanol–water partition coefficient (Wildman–Crippen LogP) is 3.33. The standard InChI is InChI=1S/C21H17ClF2N6O3/c22-21(23,24)33-15-3-1-13(2-4-15)27-20(32)12-7-16(17-8-18-25-5-6-30(18)28-17)19(26-9-12)29-10-14(31)11-29/h1-9,14,28,31H,10-11H2,(H,27,32). The molecular formula is C21H17ClF2N6O3. The summed E-state index contributed by atoms with van der Waals surface area (Å²) in [5.41, 5.74) is -1.07. The minimum absolute atomic E-state index is 0.144. The Bertz CT molecular complexity index is 1280. The molecule has 12 heteroatoms. The Labute approximate surface area is 190 Å². The second-order valence-electron chi connectivity index (χ2n) is 7.51. The van der Waals surface area contributed by atoms with Gasteiger partial charge in [-0.05, 0) is 30.3 Å². The molecule has 3 N–H and O–H groups in total. The molecule has 1 fully saturated rings. The second kappa shape index (κ2) is 8.01. The zero-order chi connectivity index (χ0) is 23.2. The highest BCUT2D eigenvalue weighted by Crippen LogP contribution is 2.32. The number of alkyl halides is 3. The van der Waals surface area contributed by atoms with Gasteiger partial charge in [0.05, 0.1) is 17.4 Å². The number of carbonyl (C=O) groups is 1. The first-order valence-corrected chi connectivity index (χ1v) is 10.3. The molecule has 9 nitrogen and oxygen atoms in total. The number of nitrogens with one attached hydrogen (secondary N) is 2. The number of H-pyrrole nitrogens is 1. The molecule has 1 aliphatic heterocycles. The van der Waals surface area contributed by atoms with Crippen LogP contribution in [0.2, 0.25) is 0 Å². The molecule has 0 unspecified atom stereocenters. The maximum absolute atomic E-state index is 12.8. The molecule has 0 radical (unpaired) electrons. The smallest absolute Gasteiger partial charge is 0.420 e. The summed E-state index contributed by atoms with van der Waals surface area (Å²) in [5.74, 6) is 0.0475. The number of nitrogens with zero attached hydrogens (tertiary/aromatic N) is 4. The molecular weight excluding hydrogens is 458 g/mol. The van der Waals surface area contributed by atoms with Crippen molar-refractivity contribution >= 4 is 34.7 Å². The molecule has 33 heavy (non-hydrogen) atoms. The summed E-state index contributed by atoms with van der Waals surface area (Å²) in [6, 6.07) is 8.90. The fraction of sp³-hybridized carbons (Fsp3) is 0.190. The van der Waals surface area contributed by atoms with Crippen LogP contribution in [-0.2, 0) is 0 Å². The Balaban J connectivity index is 1.41. The maximum Gasteiger partial charge on any atom is 0.487 e. The van der Waals surface area contributed by atoms with Crippen LogP contribution in [0.25, 0.3) is 16.9 Å². The molecule has 0 saturated carbocycles. The van der Waals surface area contributed by atoms with Crippen molar-refractivity contribution in [3.63, 3.8) is 0 Å². The fourth-order valence-electron chi connectivity index (χ4n) is 3.55. The lowest BCUT2D eigenvalue weighted by Gasteiger charge is -2.37. The minimum Gasteiger partial charge on any atom is -0.420 e. The molecule has 0 atom stereocenters. The van der Waals surface area contributed by atoms with Gasteiger partial charge < -0.3 is 20.1 Å². The van der Waals surface area contributed by atoms with Crippen molar-refractivity contribution in [1.82, 2.24) is 19.6 Å². The van der Waals surface area contributed by atoms with Gasteiger partial charge in [-0.2, -0.15) is 0 Å². The van der Waals surface area contributed by atoms with Crippen LogP contribution >= 0.6 is 11.6 Å². The number of hydrogen-bond donors (Lipinski definition) is 3. The first kappa shape index (κ1) is 21.2. The molecule has 4 heterocycles. The molecule has 4 aromatic rings. The van der Waals surface area contributed by atoms with E-state index in [9.17, 15) is 18.7 Å². The Morgan fingerprint density at radius 3 is 2.67 bits per heavy atom. The molecule has 0 aliphatic carbocycles. The number of amides is 1. The van der Waals surface area contributed by atoms with Crippen LogP contribution in [0.15, 0.2) is 55.0 Å². The van der Waals surface area contributed by atoms with Crippen LogP contribution in [0.3, 0.4) is 0 Å². The first-order chi connectivity index (χ1) is 15.7. The van der Waals surface area contributed by atoms with E-state index in [1.807, 2.05) is 11.0 Å². The number of imidazole rings is 1. The number of ether oxygens (including phenoxy) is 1. The molecule has 170 valence electrons. The van der Waals surface area contributed by atoms with Crippen LogP contribution in [-0.4, -0.2) is 55.4 Å². The number of pyridine rings is 1. The van der Waals surface area contributed by atoms with E-state index < -0.39 is 17.6 Å². The Hall–Kier alpha value is -3.70. The summed E-state index contributed by atoms with van der Waals surface area (Å²) in [7, 11) is 0. The van der Waals surface area contributed by atoms with Gasteiger partial charge in [-0.1, -0.05) is 0 Å². The van der Waals surface area contributed by atoms with Crippen molar-refractivity contribution in [3.8, 4) is 17.0 Å². The number of aliphatic hydroxyl groups excluding tert-OH is 1. The fourth-order valence-corrected chi connectivity index (χ4v) is 3.64. The number of halogens is 3. The van der Waals surface area contributed by atoms with Crippen molar-refractivity contribution in [2.75, 3.05) is 23.3 Å². The number of aromatic nitrogens is 4. The van der Waals surface area contributed by atoms with E-state index in [1.54, 1.807) is 23.0 Å². The highest BCUT2D eigenvalue weighted by Gasteiger charge is 2.29. The van der Waals surface area contributed by atoms with Gasteiger partial charge in [-0.15, -0.1) is 8.78 Å². The molecule has 1 aliphatic rings. The van der Waals surface area contributed by atoms with E-state index in [0.29, 0.717) is 41.5 Å². The summed E-state index contributed by atoms with van der Waals surface area (Å²) in [6.07, 6.45) is 4.45. The first-order valence-electron chi connectivity index (χ1n) is 9.88. The summed E-state index contributed by atoms with van der Waals surface area (Å²) in [5, 5.41) is 15.6. The van der Waals surface area contributed by atoms with Crippen LogP contribution in [0, 0.1) is 0 Å². The number of carbonyl (C=O) groups excluding carboxylic acids is 1. The number of β-amino-alcohol motifs (C(OH)–C–C–N with tert-alkyl or cyclic N) is 1. The molecule has 0 bridgehead atoms. The average molecular weight is 475 g/mol. The zero-order valence-corrected chi connectivity index (χ0v) is 17.6. The van der Waals surface area contributed by atoms with E-state index in [2.05, 4.69) is 25.1 Å². The van der Waals surface area contributed by atoms with Crippen molar-refractivity contribution in [3.05, 3.63) is 60.6 Å². The van der Waals surface area contributed by atoms with Crippen molar-refractivity contribution in [1.29, 1.82) is 0 Å². The Morgan fingerprint density at radius 1 is 1.24 bits per heavy atom. The van der Waals surface area contributed by atoms with Gasteiger partial charge in [0.2, 0.25) is 0 Å². The van der Waals surface area contributed by atoms with Crippen LogP contribution < -0.4 is 15.0 Å². The zero-order valence-electron chi connectivity index (χ0n) is 16.9. The van der Waals surface area contributed by atoms with Crippen molar-refractivity contribution < 1.29 is 23.4 Å². The van der Waals surface area contributed by atoms with Gasteiger partial charge in [0.25, 0.3) is 5.91 Å². The largest absolute Gasteiger partial charge is 0.487 e. The quantitative estimate of drug-likeness (QED) is 0.370. The molecule has 0 spiro atoms. The predicted molar refractivity (Wildman–Crippen MR) is 117 cm³/mol. The van der Waals surface area contributed by atoms with Gasteiger partial charge in [0.1, 0.15) is 11.6 Å². The monoisotopic (exact) mass is 474 g/mol. The van der Waals surface area contributed by atoms with E-state index in [0.717, 1.165) is 0 Å². The van der Waals surface area contributed by atoms with Gasteiger partial charge >= 0.3 is 5.57 Å². The molecule has 1 amide bonds. The van der Waals surface area contributed by atoms with E-state index in [1.165, 1.54) is 30.5 Å².